The summed E-state index contributed by atoms with van der Waals surface area (Å²) >= 11 is 1.41. The maximum absolute atomic E-state index is 12.2. The van der Waals surface area contributed by atoms with Gasteiger partial charge in [0.2, 0.25) is 5.91 Å². The minimum atomic E-state index is -0.0976. The van der Waals surface area contributed by atoms with Gasteiger partial charge in [-0.2, -0.15) is 0 Å². The molecule has 1 heterocycles. The van der Waals surface area contributed by atoms with E-state index in [1.807, 2.05) is 0 Å². The molecule has 0 saturated heterocycles. The largest absolute Gasteiger partial charge is 0.325 e. The summed E-state index contributed by atoms with van der Waals surface area (Å²) in [6.07, 6.45) is 3.38. The summed E-state index contributed by atoms with van der Waals surface area (Å²) < 4.78 is 2.15. The third-order valence-electron chi connectivity index (χ3n) is 4.04. The van der Waals surface area contributed by atoms with Crippen LogP contribution in [0.25, 0.3) is 0 Å². The first-order chi connectivity index (χ1) is 12.1. The molecule has 1 fully saturated rings. The Hall–Kier alpha value is -2.15. The van der Waals surface area contributed by atoms with Crippen LogP contribution in [0.1, 0.15) is 55.2 Å². The van der Waals surface area contributed by atoms with Crippen LogP contribution in [0.2, 0.25) is 0 Å². The number of nitrogens with zero attached hydrogens (tertiary/aromatic N) is 3. The van der Waals surface area contributed by atoms with E-state index in [0.29, 0.717) is 17.2 Å². The lowest BCUT2D eigenvalue weighted by molar-refractivity contribution is -0.113. The summed E-state index contributed by atoms with van der Waals surface area (Å²) in [7, 11) is 0. The van der Waals surface area contributed by atoms with Crippen molar-refractivity contribution in [3.8, 4) is 0 Å². The molecule has 0 radical (unpaired) electrons. The second-order valence-electron chi connectivity index (χ2n) is 6.24. The first kappa shape index (κ1) is 17.7. The number of anilines is 1. The summed E-state index contributed by atoms with van der Waals surface area (Å²) in [4.78, 5) is 23.4. The molecule has 25 heavy (non-hydrogen) atoms. The van der Waals surface area contributed by atoms with E-state index >= 15 is 0 Å². The molecule has 1 aliphatic rings. The van der Waals surface area contributed by atoms with Crippen LogP contribution in [0.3, 0.4) is 0 Å². The molecule has 0 bridgehead atoms. The highest BCUT2D eigenvalue weighted by molar-refractivity contribution is 7.99. The van der Waals surface area contributed by atoms with Crippen LogP contribution < -0.4 is 5.32 Å². The lowest BCUT2D eigenvalue weighted by atomic mass is 10.1. The van der Waals surface area contributed by atoms with Gasteiger partial charge in [0.1, 0.15) is 5.82 Å². The number of hydrogen-bond acceptors (Lipinski definition) is 5. The Bertz CT molecular complexity index is 766. The number of Topliss-reactive ketones (excluding diaryl/α,β-unsaturated/α-hetero) is 1. The minimum absolute atomic E-state index is 0.00941. The maximum Gasteiger partial charge on any atom is 0.234 e. The van der Waals surface area contributed by atoms with Gasteiger partial charge in [-0.05, 0) is 50.5 Å². The molecule has 1 N–H and O–H groups in total. The highest BCUT2D eigenvalue weighted by Crippen LogP contribution is 2.40. The molecule has 1 saturated carbocycles. The number of aromatic nitrogens is 3. The molecule has 0 atom stereocenters. The molecule has 7 heteroatoms. The number of hydrogen-bond donors (Lipinski definition) is 1. The Morgan fingerprint density at radius 2 is 1.96 bits per heavy atom. The van der Waals surface area contributed by atoms with Crippen molar-refractivity contribution in [2.24, 2.45) is 0 Å². The van der Waals surface area contributed by atoms with Gasteiger partial charge in [-0.1, -0.05) is 18.7 Å². The van der Waals surface area contributed by atoms with E-state index in [0.717, 1.165) is 23.9 Å². The third kappa shape index (κ3) is 4.48. The van der Waals surface area contributed by atoms with Crippen LogP contribution >= 0.6 is 11.8 Å². The average molecular weight is 358 g/mol. The molecular weight excluding hydrogens is 336 g/mol. The molecule has 0 spiro atoms. The molecule has 132 valence electrons. The number of ketones is 1. The first-order valence-electron chi connectivity index (χ1n) is 8.55. The van der Waals surface area contributed by atoms with Crippen molar-refractivity contribution in [3.63, 3.8) is 0 Å². The molecule has 1 amide bonds. The molecule has 2 aromatic rings. The van der Waals surface area contributed by atoms with Crippen LogP contribution in [0, 0.1) is 0 Å². The zero-order valence-corrected chi connectivity index (χ0v) is 15.3. The SMILES string of the molecule is CCCn1c(SCC(=O)Nc2ccc(C(C)=O)cc2)nnc1C1CC1. The van der Waals surface area contributed by atoms with Gasteiger partial charge >= 0.3 is 0 Å². The van der Waals surface area contributed by atoms with Gasteiger partial charge in [0, 0.05) is 23.7 Å². The number of carbonyl (C=O) groups excluding carboxylic acids is 2. The van der Waals surface area contributed by atoms with E-state index in [1.165, 1.54) is 31.5 Å². The van der Waals surface area contributed by atoms with Gasteiger partial charge in [0.25, 0.3) is 0 Å². The molecule has 1 aromatic carbocycles. The average Bonchev–Trinajstić information content (AvgIpc) is 3.36. The Labute approximate surface area is 151 Å². The number of thioether (sulfide) groups is 1. The van der Waals surface area contributed by atoms with Crippen molar-refractivity contribution in [3.05, 3.63) is 35.7 Å². The van der Waals surface area contributed by atoms with Crippen molar-refractivity contribution in [1.82, 2.24) is 14.8 Å². The maximum atomic E-state index is 12.2. The molecule has 1 aliphatic carbocycles. The zero-order chi connectivity index (χ0) is 17.8. The van der Waals surface area contributed by atoms with E-state index in [2.05, 4.69) is 27.0 Å². The Morgan fingerprint density at radius 3 is 2.56 bits per heavy atom. The van der Waals surface area contributed by atoms with Crippen LogP contribution in [0.4, 0.5) is 5.69 Å². The van der Waals surface area contributed by atoms with Crippen molar-refractivity contribution >= 4 is 29.1 Å². The van der Waals surface area contributed by atoms with Gasteiger partial charge in [-0.15, -0.1) is 10.2 Å². The van der Waals surface area contributed by atoms with Crippen LogP contribution in [-0.4, -0.2) is 32.2 Å². The molecule has 3 rings (SSSR count). The fourth-order valence-electron chi connectivity index (χ4n) is 2.60. The van der Waals surface area contributed by atoms with Crippen molar-refractivity contribution in [2.45, 2.75) is 50.7 Å². The van der Waals surface area contributed by atoms with E-state index < -0.39 is 0 Å². The smallest absolute Gasteiger partial charge is 0.234 e. The van der Waals surface area contributed by atoms with Crippen molar-refractivity contribution in [2.75, 3.05) is 11.1 Å². The standard InChI is InChI=1S/C18H22N4O2S/c1-3-10-22-17(14-4-5-14)20-21-18(22)25-11-16(24)19-15-8-6-13(7-9-15)12(2)23/h6-9,14H,3-5,10-11H2,1-2H3,(H,19,24). The fourth-order valence-corrected chi connectivity index (χ4v) is 3.37. The molecule has 1 aromatic heterocycles. The number of nitrogens with one attached hydrogen (secondary N) is 1. The Morgan fingerprint density at radius 1 is 1.24 bits per heavy atom. The summed E-state index contributed by atoms with van der Waals surface area (Å²) in [5.41, 5.74) is 1.32. The van der Waals surface area contributed by atoms with Crippen LogP contribution in [0.15, 0.2) is 29.4 Å². The number of benzene rings is 1. The van der Waals surface area contributed by atoms with E-state index in [1.54, 1.807) is 24.3 Å². The van der Waals surface area contributed by atoms with Crippen LogP contribution in [0.5, 0.6) is 0 Å². The first-order valence-corrected chi connectivity index (χ1v) is 9.53. The second-order valence-corrected chi connectivity index (χ2v) is 7.18. The van der Waals surface area contributed by atoms with E-state index in [9.17, 15) is 9.59 Å². The van der Waals surface area contributed by atoms with E-state index in [4.69, 9.17) is 0 Å². The third-order valence-corrected chi connectivity index (χ3v) is 5.01. The molecular formula is C18H22N4O2S. The minimum Gasteiger partial charge on any atom is -0.325 e. The predicted molar refractivity (Wildman–Crippen MR) is 98.1 cm³/mol. The lowest BCUT2D eigenvalue weighted by Gasteiger charge is -2.08. The summed E-state index contributed by atoms with van der Waals surface area (Å²) in [6.45, 7) is 4.53. The molecule has 0 unspecified atom stereocenters. The van der Waals surface area contributed by atoms with Crippen molar-refractivity contribution < 1.29 is 9.59 Å². The molecule has 6 nitrogen and oxygen atoms in total. The van der Waals surface area contributed by atoms with Gasteiger partial charge in [-0.3, -0.25) is 9.59 Å². The number of amides is 1. The molecule has 0 aliphatic heterocycles. The van der Waals surface area contributed by atoms with E-state index in [-0.39, 0.29) is 17.4 Å². The Balaban J connectivity index is 1.57. The number of carbonyl (C=O) groups is 2. The van der Waals surface area contributed by atoms with Gasteiger partial charge in [0.05, 0.1) is 5.75 Å². The second kappa shape index (κ2) is 7.82. The summed E-state index contributed by atoms with van der Waals surface area (Å²) in [5.74, 6) is 1.79. The number of rotatable bonds is 8. The van der Waals surface area contributed by atoms with Gasteiger partial charge in [-0.25, -0.2) is 0 Å². The predicted octanol–water partition coefficient (Wildman–Crippen LogP) is 3.50. The topological polar surface area (TPSA) is 76.9 Å². The van der Waals surface area contributed by atoms with Gasteiger partial charge < -0.3 is 9.88 Å². The lowest BCUT2D eigenvalue weighted by Crippen LogP contribution is -2.15. The highest BCUT2D eigenvalue weighted by atomic mass is 32.2. The normalized spacial score (nSPS) is 13.7. The van der Waals surface area contributed by atoms with Gasteiger partial charge in [0.15, 0.2) is 10.9 Å². The summed E-state index contributed by atoms with van der Waals surface area (Å²) in [5, 5.41) is 12.2. The fraction of sp³-hybridized carbons (Fsp3) is 0.444. The quantitative estimate of drug-likeness (QED) is 0.577. The van der Waals surface area contributed by atoms with Crippen molar-refractivity contribution in [1.29, 1.82) is 0 Å². The Kier molecular flexibility index (Phi) is 5.53. The summed E-state index contributed by atoms with van der Waals surface area (Å²) in [6, 6.07) is 6.91. The van der Waals surface area contributed by atoms with Crippen LogP contribution in [-0.2, 0) is 11.3 Å². The zero-order valence-electron chi connectivity index (χ0n) is 14.5. The monoisotopic (exact) mass is 358 g/mol. The highest BCUT2D eigenvalue weighted by Gasteiger charge is 2.30.